The highest BCUT2D eigenvalue weighted by molar-refractivity contribution is 6.31. The van der Waals surface area contributed by atoms with Gasteiger partial charge in [-0.25, -0.2) is 5.43 Å². The summed E-state index contributed by atoms with van der Waals surface area (Å²) in [6.45, 7) is 0.557. The van der Waals surface area contributed by atoms with E-state index in [9.17, 15) is 4.79 Å². The summed E-state index contributed by atoms with van der Waals surface area (Å²) in [7, 11) is 0. The fourth-order valence-corrected chi connectivity index (χ4v) is 3.34. The van der Waals surface area contributed by atoms with Crippen LogP contribution in [0.25, 0.3) is 0 Å². The van der Waals surface area contributed by atoms with E-state index in [1.807, 2.05) is 18.2 Å². The third-order valence-corrected chi connectivity index (χ3v) is 4.94. The molecule has 7 nitrogen and oxygen atoms in total. The Labute approximate surface area is 194 Å². The summed E-state index contributed by atoms with van der Waals surface area (Å²) in [5, 5.41) is 8.19. The lowest BCUT2D eigenvalue weighted by Crippen LogP contribution is -2.25. The monoisotopic (exact) mass is 471 g/mol. The lowest BCUT2D eigenvalue weighted by molar-refractivity contribution is -0.119. The summed E-state index contributed by atoms with van der Waals surface area (Å²) in [5.41, 5.74) is 4.77. The maximum atomic E-state index is 12.1. The lowest BCUT2D eigenvalue weighted by Gasteiger charge is -2.10. The second-order valence-corrected chi connectivity index (χ2v) is 7.69. The van der Waals surface area contributed by atoms with Crippen LogP contribution in [0, 0.1) is 0 Å². The molecule has 0 unspecified atom stereocenters. The van der Waals surface area contributed by atoms with Crippen LogP contribution in [0.15, 0.2) is 65.8 Å². The van der Waals surface area contributed by atoms with E-state index in [4.69, 9.17) is 37.4 Å². The van der Waals surface area contributed by atoms with E-state index in [1.54, 1.807) is 42.5 Å². The van der Waals surface area contributed by atoms with Crippen LogP contribution >= 0.6 is 23.2 Å². The Bertz CT molecular complexity index is 1150. The Balaban J connectivity index is 1.32. The van der Waals surface area contributed by atoms with Gasteiger partial charge in [-0.3, -0.25) is 4.79 Å². The Hall–Kier alpha value is -3.42. The molecule has 1 aliphatic heterocycles. The van der Waals surface area contributed by atoms with E-state index in [1.165, 1.54) is 6.21 Å². The summed E-state index contributed by atoms with van der Waals surface area (Å²) in [6, 6.07) is 17.9. The van der Waals surface area contributed by atoms with Crippen molar-refractivity contribution in [3.63, 3.8) is 0 Å². The van der Waals surface area contributed by atoms with Crippen molar-refractivity contribution in [2.24, 2.45) is 5.10 Å². The smallest absolute Gasteiger partial charge is 0.259 e. The number of rotatable bonds is 8. The number of anilines is 1. The SMILES string of the molecule is O=C(CNc1ccc2c(c1)OCO2)N/N=C\c1cc(Cl)ccc1OCc1cccc(Cl)c1. The molecule has 32 heavy (non-hydrogen) atoms. The molecule has 4 rings (SSSR count). The van der Waals surface area contributed by atoms with Gasteiger partial charge in [-0.2, -0.15) is 5.10 Å². The Morgan fingerprint density at radius 3 is 2.75 bits per heavy atom. The number of ether oxygens (including phenoxy) is 3. The molecule has 0 bridgehead atoms. The first-order chi connectivity index (χ1) is 15.6. The van der Waals surface area contributed by atoms with Gasteiger partial charge in [-0.1, -0.05) is 35.3 Å². The second kappa shape index (κ2) is 10.3. The molecule has 164 valence electrons. The van der Waals surface area contributed by atoms with Gasteiger partial charge in [-0.05, 0) is 48.0 Å². The van der Waals surface area contributed by atoms with Gasteiger partial charge >= 0.3 is 0 Å². The number of nitrogens with zero attached hydrogens (tertiary/aromatic N) is 1. The maximum Gasteiger partial charge on any atom is 0.259 e. The van der Waals surface area contributed by atoms with Gasteiger partial charge in [0.25, 0.3) is 5.91 Å². The lowest BCUT2D eigenvalue weighted by atomic mass is 10.2. The van der Waals surface area contributed by atoms with Gasteiger partial charge in [0.1, 0.15) is 12.4 Å². The van der Waals surface area contributed by atoms with Gasteiger partial charge < -0.3 is 19.5 Å². The molecule has 0 aliphatic carbocycles. The number of benzene rings is 3. The molecule has 9 heteroatoms. The van der Waals surface area contributed by atoms with Gasteiger partial charge in [0.2, 0.25) is 6.79 Å². The molecule has 0 spiro atoms. The zero-order valence-electron chi connectivity index (χ0n) is 16.8. The van der Waals surface area contributed by atoms with Crippen LogP contribution in [0.1, 0.15) is 11.1 Å². The molecule has 0 radical (unpaired) electrons. The topological polar surface area (TPSA) is 81.2 Å². The fraction of sp³-hybridized carbons (Fsp3) is 0.130. The molecule has 2 N–H and O–H groups in total. The first kappa shape index (κ1) is 21.8. The molecule has 0 aromatic heterocycles. The van der Waals surface area contributed by atoms with Crippen molar-refractivity contribution < 1.29 is 19.0 Å². The summed E-state index contributed by atoms with van der Waals surface area (Å²) >= 11 is 12.1. The third kappa shape index (κ3) is 5.84. The van der Waals surface area contributed by atoms with Crippen LogP contribution in [0.3, 0.4) is 0 Å². The molecule has 0 saturated carbocycles. The number of hydrogen-bond donors (Lipinski definition) is 2. The van der Waals surface area contributed by atoms with Crippen molar-refractivity contribution in [1.29, 1.82) is 0 Å². The summed E-state index contributed by atoms with van der Waals surface area (Å²) in [4.78, 5) is 12.1. The zero-order chi connectivity index (χ0) is 22.3. The first-order valence-electron chi connectivity index (χ1n) is 9.69. The number of hydrogen-bond acceptors (Lipinski definition) is 6. The van der Waals surface area contributed by atoms with Gasteiger partial charge in [0, 0.05) is 27.4 Å². The van der Waals surface area contributed by atoms with Crippen LogP contribution in [0.2, 0.25) is 10.0 Å². The second-order valence-electron chi connectivity index (χ2n) is 6.82. The zero-order valence-corrected chi connectivity index (χ0v) is 18.3. The van der Waals surface area contributed by atoms with Crippen LogP contribution in [-0.4, -0.2) is 25.5 Å². The normalized spacial score (nSPS) is 12.1. The summed E-state index contributed by atoms with van der Waals surface area (Å²) < 4.78 is 16.5. The number of carbonyl (C=O) groups excluding carboxylic acids is 1. The van der Waals surface area contributed by atoms with Crippen LogP contribution in [0.5, 0.6) is 17.2 Å². The van der Waals surface area contributed by atoms with Gasteiger partial charge in [-0.15, -0.1) is 0 Å². The first-order valence-corrected chi connectivity index (χ1v) is 10.4. The Morgan fingerprint density at radius 1 is 1.03 bits per heavy atom. The number of hydrazone groups is 1. The largest absolute Gasteiger partial charge is 0.488 e. The Kier molecular flexibility index (Phi) is 6.99. The molecular weight excluding hydrogens is 453 g/mol. The molecule has 1 amide bonds. The highest BCUT2D eigenvalue weighted by Crippen LogP contribution is 2.34. The molecule has 1 heterocycles. The molecule has 0 fully saturated rings. The van der Waals surface area contributed by atoms with Crippen molar-refractivity contribution in [3.8, 4) is 17.2 Å². The average molecular weight is 472 g/mol. The van der Waals surface area contributed by atoms with E-state index in [-0.39, 0.29) is 19.2 Å². The number of amides is 1. The predicted octanol–water partition coefficient (Wildman–Crippen LogP) is 4.86. The summed E-state index contributed by atoms with van der Waals surface area (Å²) in [5.74, 6) is 1.58. The minimum Gasteiger partial charge on any atom is -0.488 e. The summed E-state index contributed by atoms with van der Waals surface area (Å²) in [6.07, 6.45) is 1.48. The van der Waals surface area contributed by atoms with Crippen molar-refractivity contribution in [1.82, 2.24) is 5.43 Å². The average Bonchev–Trinajstić information content (AvgIpc) is 3.25. The fourth-order valence-electron chi connectivity index (χ4n) is 2.94. The van der Waals surface area contributed by atoms with Crippen LogP contribution < -0.4 is 25.0 Å². The minimum atomic E-state index is -0.317. The Morgan fingerprint density at radius 2 is 1.88 bits per heavy atom. The molecule has 0 atom stereocenters. The number of carbonyl (C=O) groups is 1. The van der Waals surface area contributed by atoms with Gasteiger partial charge in [0.05, 0.1) is 12.8 Å². The predicted molar refractivity (Wildman–Crippen MR) is 124 cm³/mol. The molecule has 3 aromatic carbocycles. The van der Waals surface area contributed by atoms with E-state index < -0.39 is 0 Å². The third-order valence-electron chi connectivity index (χ3n) is 4.47. The van der Waals surface area contributed by atoms with Crippen molar-refractivity contribution in [2.45, 2.75) is 6.61 Å². The number of fused-ring (bicyclic) bond motifs is 1. The standard InChI is InChI=1S/C23H19Cl2N3O4/c24-17-3-1-2-15(8-17)13-30-20-6-4-18(25)9-16(20)11-27-28-23(29)12-26-19-5-7-21-22(10-19)32-14-31-21/h1-11,26H,12-14H2,(H,28,29)/b27-11-. The van der Waals surface area contributed by atoms with Gasteiger partial charge in [0.15, 0.2) is 11.5 Å². The highest BCUT2D eigenvalue weighted by atomic mass is 35.5. The number of nitrogens with one attached hydrogen (secondary N) is 2. The van der Waals surface area contributed by atoms with E-state index in [0.717, 1.165) is 11.3 Å². The highest BCUT2D eigenvalue weighted by Gasteiger charge is 2.13. The molecule has 3 aromatic rings. The maximum absolute atomic E-state index is 12.1. The van der Waals surface area contributed by atoms with Crippen molar-refractivity contribution >= 4 is 41.0 Å². The van der Waals surface area contributed by atoms with E-state index in [0.29, 0.717) is 39.5 Å². The van der Waals surface area contributed by atoms with E-state index in [2.05, 4.69) is 15.8 Å². The van der Waals surface area contributed by atoms with E-state index >= 15 is 0 Å². The van der Waals surface area contributed by atoms with Crippen molar-refractivity contribution in [2.75, 3.05) is 18.7 Å². The van der Waals surface area contributed by atoms with Crippen LogP contribution in [-0.2, 0) is 11.4 Å². The quantitative estimate of drug-likeness (QED) is 0.362. The molecular formula is C23H19Cl2N3O4. The van der Waals surface area contributed by atoms with Crippen molar-refractivity contribution in [3.05, 3.63) is 81.8 Å². The number of halogens is 2. The van der Waals surface area contributed by atoms with Crippen LogP contribution in [0.4, 0.5) is 5.69 Å². The minimum absolute atomic E-state index is 0.0324. The molecule has 0 saturated heterocycles. The molecule has 1 aliphatic rings.